The molecule has 0 aliphatic heterocycles. The van der Waals surface area contributed by atoms with Crippen molar-refractivity contribution in [1.82, 2.24) is 0 Å². The molecule has 0 fully saturated rings. The monoisotopic (exact) mass is 178 g/mol. The molecule has 0 saturated carbocycles. The highest BCUT2D eigenvalue weighted by Crippen LogP contribution is 2.26. The van der Waals surface area contributed by atoms with Crippen LogP contribution in [0.5, 0.6) is 0 Å². The highest BCUT2D eigenvalue weighted by molar-refractivity contribution is 7.08. The van der Waals surface area contributed by atoms with Crippen molar-refractivity contribution in [3.63, 3.8) is 0 Å². The van der Waals surface area contributed by atoms with Gasteiger partial charge in [-0.2, -0.15) is 11.3 Å². The average Bonchev–Trinajstić information content (AvgIpc) is 2.74. The van der Waals surface area contributed by atoms with E-state index in [4.69, 9.17) is 4.42 Å². The number of furan rings is 1. The van der Waals surface area contributed by atoms with Crippen LogP contribution in [0.4, 0.5) is 0 Å². The Hall–Kier alpha value is -1.35. The van der Waals surface area contributed by atoms with Crippen molar-refractivity contribution in [2.45, 2.75) is 0 Å². The van der Waals surface area contributed by atoms with Crippen molar-refractivity contribution in [3.8, 4) is 11.3 Å². The van der Waals surface area contributed by atoms with Crippen molar-refractivity contribution in [1.29, 1.82) is 0 Å². The lowest BCUT2D eigenvalue weighted by molar-refractivity contribution is 0.112. The molecule has 12 heavy (non-hydrogen) atoms. The van der Waals surface area contributed by atoms with Gasteiger partial charge >= 0.3 is 0 Å². The van der Waals surface area contributed by atoms with Crippen molar-refractivity contribution >= 4 is 17.6 Å². The van der Waals surface area contributed by atoms with E-state index >= 15 is 0 Å². The van der Waals surface area contributed by atoms with Crippen LogP contribution in [0.25, 0.3) is 11.3 Å². The molecule has 0 N–H and O–H groups in total. The second-order valence-electron chi connectivity index (χ2n) is 2.34. The van der Waals surface area contributed by atoms with Gasteiger partial charge in [-0.3, -0.25) is 4.79 Å². The molecule has 60 valence electrons. The molecule has 0 radical (unpaired) electrons. The number of hydrogen-bond donors (Lipinski definition) is 0. The fourth-order valence-electron chi connectivity index (χ4n) is 1.03. The van der Waals surface area contributed by atoms with Gasteiger partial charge in [-0.1, -0.05) is 0 Å². The zero-order valence-electron chi connectivity index (χ0n) is 6.19. The predicted octanol–water partition coefficient (Wildman–Crippen LogP) is 2.82. The molecule has 0 bridgehead atoms. The zero-order chi connectivity index (χ0) is 8.39. The van der Waals surface area contributed by atoms with Gasteiger partial charge in [0.1, 0.15) is 5.76 Å². The van der Waals surface area contributed by atoms with Gasteiger partial charge in [0.25, 0.3) is 0 Å². The Balaban J connectivity index is 2.53. The molecule has 0 aliphatic rings. The van der Waals surface area contributed by atoms with Crippen LogP contribution in [0.3, 0.4) is 0 Å². The van der Waals surface area contributed by atoms with Gasteiger partial charge in [0.05, 0.1) is 6.26 Å². The quantitative estimate of drug-likeness (QED) is 0.662. The van der Waals surface area contributed by atoms with Crippen molar-refractivity contribution in [2.75, 3.05) is 0 Å². The topological polar surface area (TPSA) is 30.2 Å². The van der Waals surface area contributed by atoms with Gasteiger partial charge in [-0.05, 0) is 12.1 Å². The highest BCUT2D eigenvalue weighted by Gasteiger charge is 2.06. The second-order valence-corrected chi connectivity index (χ2v) is 3.08. The van der Waals surface area contributed by atoms with E-state index in [0.717, 1.165) is 17.6 Å². The number of thiophene rings is 1. The number of aldehydes is 1. The Morgan fingerprint density at radius 2 is 2.33 bits per heavy atom. The van der Waals surface area contributed by atoms with Gasteiger partial charge in [0, 0.05) is 21.9 Å². The smallest absolute Gasteiger partial charge is 0.151 e. The maximum Gasteiger partial charge on any atom is 0.151 e. The first-order chi connectivity index (χ1) is 5.92. The van der Waals surface area contributed by atoms with Gasteiger partial charge in [0.15, 0.2) is 6.29 Å². The molecule has 2 nitrogen and oxygen atoms in total. The summed E-state index contributed by atoms with van der Waals surface area (Å²) in [6, 6.07) is 3.65. The Labute approximate surface area is 73.4 Å². The summed E-state index contributed by atoms with van der Waals surface area (Å²) in [5, 5.41) is 3.72. The van der Waals surface area contributed by atoms with E-state index in [1.807, 2.05) is 22.9 Å². The molecule has 2 aromatic heterocycles. The largest absolute Gasteiger partial charge is 0.464 e. The van der Waals surface area contributed by atoms with Crippen molar-refractivity contribution in [2.24, 2.45) is 0 Å². The Kier molecular flexibility index (Phi) is 1.80. The van der Waals surface area contributed by atoms with E-state index in [2.05, 4.69) is 0 Å². The maximum atomic E-state index is 10.5. The third-order valence-electron chi connectivity index (χ3n) is 1.61. The predicted molar refractivity (Wildman–Crippen MR) is 47.4 cm³/mol. The van der Waals surface area contributed by atoms with E-state index in [-0.39, 0.29) is 0 Å². The van der Waals surface area contributed by atoms with E-state index in [9.17, 15) is 4.79 Å². The molecular formula is C9H6O2S. The standard InChI is InChI=1S/C9H6O2S/c10-4-7-5-12-6-8(7)9-2-1-3-11-9/h1-6H. The van der Waals surface area contributed by atoms with Gasteiger partial charge in [-0.15, -0.1) is 0 Å². The van der Waals surface area contributed by atoms with Crippen molar-refractivity contribution in [3.05, 3.63) is 34.7 Å². The third-order valence-corrected chi connectivity index (χ3v) is 2.37. The SMILES string of the molecule is O=Cc1cscc1-c1ccco1. The second kappa shape index (κ2) is 2.95. The number of rotatable bonds is 2. The molecule has 2 rings (SSSR count). The van der Waals surface area contributed by atoms with E-state index in [1.165, 1.54) is 11.3 Å². The molecule has 2 aromatic rings. The summed E-state index contributed by atoms with van der Waals surface area (Å²) in [6.45, 7) is 0. The Morgan fingerprint density at radius 3 is 3.00 bits per heavy atom. The molecule has 0 unspecified atom stereocenters. The summed E-state index contributed by atoms with van der Waals surface area (Å²) in [7, 11) is 0. The lowest BCUT2D eigenvalue weighted by Gasteiger charge is -1.90. The summed E-state index contributed by atoms with van der Waals surface area (Å²) in [6.07, 6.45) is 2.44. The van der Waals surface area contributed by atoms with Crippen LogP contribution < -0.4 is 0 Å². The maximum absolute atomic E-state index is 10.5. The van der Waals surface area contributed by atoms with Gasteiger partial charge in [-0.25, -0.2) is 0 Å². The van der Waals surface area contributed by atoms with Crippen molar-refractivity contribution < 1.29 is 9.21 Å². The lowest BCUT2D eigenvalue weighted by atomic mass is 10.2. The molecular weight excluding hydrogens is 172 g/mol. The third kappa shape index (κ3) is 1.08. The van der Waals surface area contributed by atoms with Crippen LogP contribution >= 0.6 is 11.3 Å². The van der Waals surface area contributed by atoms with Gasteiger partial charge in [0.2, 0.25) is 0 Å². The zero-order valence-corrected chi connectivity index (χ0v) is 7.01. The molecule has 3 heteroatoms. The summed E-state index contributed by atoms with van der Waals surface area (Å²) < 4.78 is 5.17. The lowest BCUT2D eigenvalue weighted by Crippen LogP contribution is -1.77. The van der Waals surface area contributed by atoms with E-state index in [0.29, 0.717) is 5.56 Å². The highest BCUT2D eigenvalue weighted by atomic mass is 32.1. The van der Waals surface area contributed by atoms with Crippen LogP contribution in [-0.2, 0) is 0 Å². The summed E-state index contributed by atoms with van der Waals surface area (Å²) >= 11 is 1.50. The van der Waals surface area contributed by atoms with Crippen LogP contribution in [-0.4, -0.2) is 6.29 Å². The number of carbonyl (C=O) groups excluding carboxylic acids is 1. The Bertz CT molecular complexity index is 373. The fourth-order valence-corrected chi connectivity index (χ4v) is 1.82. The minimum Gasteiger partial charge on any atom is -0.464 e. The average molecular weight is 178 g/mol. The van der Waals surface area contributed by atoms with Crippen LogP contribution in [0.1, 0.15) is 10.4 Å². The van der Waals surface area contributed by atoms with Crippen LogP contribution in [0.15, 0.2) is 33.6 Å². The summed E-state index contributed by atoms with van der Waals surface area (Å²) in [5.41, 5.74) is 1.56. The van der Waals surface area contributed by atoms with Crippen LogP contribution in [0.2, 0.25) is 0 Å². The molecule has 0 aliphatic carbocycles. The molecule has 0 spiro atoms. The molecule has 0 saturated heterocycles. The summed E-state index contributed by atoms with van der Waals surface area (Å²) in [4.78, 5) is 10.5. The van der Waals surface area contributed by atoms with E-state index in [1.54, 1.807) is 6.26 Å². The molecule has 0 aromatic carbocycles. The molecule has 0 amide bonds. The molecule has 0 atom stereocenters. The first-order valence-electron chi connectivity index (χ1n) is 3.47. The molecule has 2 heterocycles. The fraction of sp³-hybridized carbons (Fsp3) is 0. The normalized spacial score (nSPS) is 10.0. The number of hydrogen-bond acceptors (Lipinski definition) is 3. The summed E-state index contributed by atoms with van der Waals surface area (Å²) in [5.74, 6) is 0.748. The first kappa shape index (κ1) is 7.31. The Morgan fingerprint density at radius 1 is 1.42 bits per heavy atom. The van der Waals surface area contributed by atoms with E-state index < -0.39 is 0 Å². The first-order valence-corrected chi connectivity index (χ1v) is 4.41. The van der Waals surface area contributed by atoms with Gasteiger partial charge < -0.3 is 4.42 Å². The minimum absolute atomic E-state index is 0.690. The number of carbonyl (C=O) groups is 1. The van der Waals surface area contributed by atoms with Crippen LogP contribution in [0, 0.1) is 0 Å². The minimum atomic E-state index is 0.690.